The van der Waals surface area contributed by atoms with E-state index in [1.54, 1.807) is 7.11 Å². The minimum Gasteiger partial charge on any atom is -0.496 e. The van der Waals surface area contributed by atoms with Crippen LogP contribution in [0.4, 0.5) is 11.8 Å². The van der Waals surface area contributed by atoms with Crippen LogP contribution in [0, 0.1) is 0 Å². The molecule has 28 heavy (non-hydrogen) atoms. The van der Waals surface area contributed by atoms with Gasteiger partial charge in [-0.25, -0.2) is 0 Å². The van der Waals surface area contributed by atoms with Gasteiger partial charge in [0.1, 0.15) is 11.6 Å². The zero-order valence-electron chi connectivity index (χ0n) is 16.2. The Kier molecular flexibility index (Phi) is 5.04. The summed E-state index contributed by atoms with van der Waals surface area (Å²) in [7, 11) is 1.59. The third kappa shape index (κ3) is 3.35. The number of fused-ring (bicyclic) bond motifs is 1. The number of benzene rings is 1. The number of ether oxygens (including phenoxy) is 1. The van der Waals surface area contributed by atoms with E-state index in [4.69, 9.17) is 4.74 Å². The highest BCUT2D eigenvalue weighted by molar-refractivity contribution is 5.94. The number of aromatic amines is 1. The number of carbonyl (C=O) groups excluding carboxylic acids is 1. The number of nitrogens with one attached hydrogen (secondary N) is 2. The Morgan fingerprint density at radius 2 is 1.93 bits per heavy atom. The molecule has 0 saturated carbocycles. The topological polar surface area (TPSA) is 90.6 Å². The van der Waals surface area contributed by atoms with Crippen LogP contribution in [0.25, 0.3) is 0 Å². The molecule has 0 aliphatic carbocycles. The van der Waals surface area contributed by atoms with Gasteiger partial charge < -0.3 is 19.9 Å². The predicted octanol–water partition coefficient (Wildman–Crippen LogP) is 1.39. The van der Waals surface area contributed by atoms with Gasteiger partial charge in [-0.2, -0.15) is 4.98 Å². The van der Waals surface area contributed by atoms with Crippen LogP contribution in [-0.4, -0.2) is 60.6 Å². The average molecular weight is 383 g/mol. The first kappa shape index (κ1) is 18.5. The fraction of sp³-hybridized carbons (Fsp3) is 0.450. The van der Waals surface area contributed by atoms with E-state index >= 15 is 0 Å². The lowest BCUT2D eigenvalue weighted by atomic mass is 9.86. The van der Waals surface area contributed by atoms with Crippen molar-refractivity contribution >= 4 is 17.7 Å². The SMILES string of the molecule is CCN1CCN(c2nc3c(c(=O)[nH]2)[C@@H](c2ccccc2OC)CC(=O)N3)CC1. The van der Waals surface area contributed by atoms with Gasteiger partial charge in [-0.05, 0) is 12.6 Å². The van der Waals surface area contributed by atoms with Crippen molar-refractivity contribution < 1.29 is 9.53 Å². The summed E-state index contributed by atoms with van der Waals surface area (Å²) in [5.74, 6) is 0.988. The summed E-state index contributed by atoms with van der Waals surface area (Å²) < 4.78 is 5.45. The Bertz CT molecular complexity index is 934. The molecule has 4 rings (SSSR count). The number of para-hydroxylation sites is 1. The molecule has 148 valence electrons. The molecule has 1 atom stereocenters. The molecule has 0 radical (unpaired) electrons. The molecule has 1 saturated heterocycles. The molecule has 1 fully saturated rings. The number of rotatable bonds is 4. The van der Waals surface area contributed by atoms with Crippen LogP contribution in [-0.2, 0) is 4.79 Å². The van der Waals surface area contributed by atoms with Gasteiger partial charge in [-0.1, -0.05) is 25.1 Å². The van der Waals surface area contributed by atoms with E-state index in [2.05, 4.69) is 32.0 Å². The van der Waals surface area contributed by atoms with E-state index in [1.165, 1.54) is 0 Å². The van der Waals surface area contributed by atoms with E-state index in [1.807, 2.05) is 24.3 Å². The van der Waals surface area contributed by atoms with Crippen molar-refractivity contribution in [2.75, 3.05) is 50.1 Å². The van der Waals surface area contributed by atoms with Gasteiger partial charge in [0.15, 0.2) is 0 Å². The third-order valence-electron chi connectivity index (χ3n) is 5.57. The molecule has 3 heterocycles. The van der Waals surface area contributed by atoms with Gasteiger partial charge in [-0.15, -0.1) is 0 Å². The van der Waals surface area contributed by atoms with Crippen molar-refractivity contribution in [2.24, 2.45) is 0 Å². The highest BCUT2D eigenvalue weighted by Crippen LogP contribution is 2.38. The fourth-order valence-corrected chi connectivity index (χ4v) is 4.01. The monoisotopic (exact) mass is 383 g/mol. The van der Waals surface area contributed by atoms with Gasteiger partial charge in [0, 0.05) is 44.1 Å². The molecule has 8 heteroatoms. The molecule has 1 amide bonds. The second kappa shape index (κ2) is 7.63. The van der Waals surface area contributed by atoms with Crippen LogP contribution in [0.15, 0.2) is 29.1 Å². The van der Waals surface area contributed by atoms with Crippen LogP contribution >= 0.6 is 0 Å². The average Bonchev–Trinajstić information content (AvgIpc) is 2.72. The normalized spacial score (nSPS) is 19.9. The standard InChI is InChI=1S/C20H25N5O3/c1-3-24-8-10-25(11-9-24)20-22-18-17(19(27)23-20)14(12-16(26)21-18)13-6-4-5-7-15(13)28-2/h4-7,14H,3,8-12H2,1-2H3,(H2,21,22,23,26,27)/t14-/m1/s1. The maximum Gasteiger partial charge on any atom is 0.258 e. The number of hydrogen-bond acceptors (Lipinski definition) is 6. The van der Waals surface area contributed by atoms with Crippen molar-refractivity contribution in [2.45, 2.75) is 19.3 Å². The van der Waals surface area contributed by atoms with Crippen molar-refractivity contribution in [1.29, 1.82) is 0 Å². The zero-order chi connectivity index (χ0) is 19.7. The maximum absolute atomic E-state index is 13.0. The molecule has 2 aromatic rings. The van der Waals surface area contributed by atoms with E-state index in [0.29, 0.717) is 23.1 Å². The minimum absolute atomic E-state index is 0.150. The zero-order valence-corrected chi connectivity index (χ0v) is 16.2. The first-order valence-corrected chi connectivity index (χ1v) is 9.65. The summed E-state index contributed by atoms with van der Waals surface area (Å²) in [6, 6.07) is 7.48. The highest BCUT2D eigenvalue weighted by Gasteiger charge is 2.33. The Morgan fingerprint density at radius 3 is 2.64 bits per heavy atom. The number of piperazine rings is 1. The smallest absolute Gasteiger partial charge is 0.258 e. The number of amides is 1. The molecule has 0 spiro atoms. The molecule has 8 nitrogen and oxygen atoms in total. The van der Waals surface area contributed by atoms with E-state index in [9.17, 15) is 9.59 Å². The summed E-state index contributed by atoms with van der Waals surface area (Å²) in [5, 5.41) is 2.79. The number of H-pyrrole nitrogens is 1. The molecular formula is C20H25N5O3. The number of nitrogens with zero attached hydrogens (tertiary/aromatic N) is 3. The van der Waals surface area contributed by atoms with Gasteiger partial charge in [0.25, 0.3) is 5.56 Å². The molecule has 2 N–H and O–H groups in total. The first-order valence-electron chi connectivity index (χ1n) is 9.65. The van der Waals surface area contributed by atoms with Crippen LogP contribution in [0.5, 0.6) is 5.75 Å². The number of likely N-dealkylation sites (N-methyl/N-ethyl adjacent to an activating group) is 1. The van der Waals surface area contributed by atoms with Crippen molar-refractivity contribution in [3.63, 3.8) is 0 Å². The fourth-order valence-electron chi connectivity index (χ4n) is 4.01. The van der Waals surface area contributed by atoms with Crippen LogP contribution in [0.1, 0.15) is 30.4 Å². The first-order chi connectivity index (χ1) is 13.6. The van der Waals surface area contributed by atoms with E-state index < -0.39 is 0 Å². The molecule has 2 aliphatic rings. The second-order valence-electron chi connectivity index (χ2n) is 7.12. The molecule has 2 aliphatic heterocycles. The van der Waals surface area contributed by atoms with Crippen molar-refractivity contribution in [3.05, 3.63) is 45.7 Å². The molecular weight excluding hydrogens is 358 g/mol. The lowest BCUT2D eigenvalue weighted by molar-refractivity contribution is -0.116. The van der Waals surface area contributed by atoms with Crippen LogP contribution < -0.4 is 20.5 Å². The van der Waals surface area contributed by atoms with Crippen LogP contribution in [0.2, 0.25) is 0 Å². The summed E-state index contributed by atoms with van der Waals surface area (Å²) in [5.41, 5.74) is 1.09. The summed E-state index contributed by atoms with van der Waals surface area (Å²) in [4.78, 5) is 37.3. The Balaban J connectivity index is 1.72. The van der Waals surface area contributed by atoms with Gasteiger partial charge >= 0.3 is 0 Å². The summed E-state index contributed by atoms with van der Waals surface area (Å²) >= 11 is 0. The lowest BCUT2D eigenvalue weighted by Gasteiger charge is -2.35. The minimum atomic E-state index is -0.387. The quantitative estimate of drug-likeness (QED) is 0.829. The second-order valence-corrected chi connectivity index (χ2v) is 7.12. The Morgan fingerprint density at radius 1 is 1.18 bits per heavy atom. The number of carbonyl (C=O) groups is 1. The van der Waals surface area contributed by atoms with Crippen LogP contribution in [0.3, 0.4) is 0 Å². The van der Waals surface area contributed by atoms with E-state index in [0.717, 1.165) is 38.3 Å². The third-order valence-corrected chi connectivity index (χ3v) is 5.57. The molecule has 0 unspecified atom stereocenters. The molecule has 0 bridgehead atoms. The predicted molar refractivity (Wildman–Crippen MR) is 107 cm³/mol. The highest BCUT2D eigenvalue weighted by atomic mass is 16.5. The molecule has 1 aromatic carbocycles. The number of methoxy groups -OCH3 is 1. The van der Waals surface area contributed by atoms with Crippen molar-refractivity contribution in [3.8, 4) is 5.75 Å². The largest absolute Gasteiger partial charge is 0.496 e. The van der Waals surface area contributed by atoms with E-state index in [-0.39, 0.29) is 23.8 Å². The Hall–Kier alpha value is -2.87. The number of aromatic nitrogens is 2. The lowest BCUT2D eigenvalue weighted by Crippen LogP contribution is -2.47. The molecule has 1 aromatic heterocycles. The Labute approximate surface area is 163 Å². The van der Waals surface area contributed by atoms with Crippen molar-refractivity contribution in [1.82, 2.24) is 14.9 Å². The maximum atomic E-state index is 13.0. The van der Waals surface area contributed by atoms with Gasteiger partial charge in [-0.3, -0.25) is 14.6 Å². The van der Waals surface area contributed by atoms with Gasteiger partial charge in [0.2, 0.25) is 11.9 Å². The summed E-state index contributed by atoms with van der Waals surface area (Å²) in [6.45, 7) is 6.58. The van der Waals surface area contributed by atoms with Gasteiger partial charge in [0.05, 0.1) is 12.7 Å². The number of anilines is 2. The number of hydrogen-bond donors (Lipinski definition) is 2. The summed E-state index contributed by atoms with van der Waals surface area (Å²) in [6.07, 6.45) is 0.187.